The number of benzene rings is 1. The third kappa shape index (κ3) is 2.83. The van der Waals surface area contributed by atoms with Crippen LogP contribution < -0.4 is 4.90 Å². The van der Waals surface area contributed by atoms with Crippen LogP contribution in [0.2, 0.25) is 0 Å². The highest BCUT2D eigenvalue weighted by molar-refractivity contribution is 7.98. The quantitative estimate of drug-likeness (QED) is 0.765. The number of carbonyl (C=O) groups is 1. The standard InChI is InChI=1S/C14H19NOS/c1-11(16)12-5-6-14-13(10-12)4-3-7-15(14)8-9-17-2/h5-6,10H,3-4,7-9H2,1-2H3. The van der Waals surface area contributed by atoms with Crippen molar-refractivity contribution in [3.63, 3.8) is 0 Å². The molecule has 0 saturated heterocycles. The maximum Gasteiger partial charge on any atom is 0.159 e. The molecule has 0 aromatic heterocycles. The number of thioether (sulfide) groups is 1. The predicted molar refractivity (Wildman–Crippen MR) is 75.4 cm³/mol. The van der Waals surface area contributed by atoms with Crippen molar-refractivity contribution in [3.05, 3.63) is 29.3 Å². The van der Waals surface area contributed by atoms with Crippen LogP contribution in [0.1, 0.15) is 29.3 Å². The largest absolute Gasteiger partial charge is 0.370 e. The monoisotopic (exact) mass is 249 g/mol. The topological polar surface area (TPSA) is 20.3 Å². The van der Waals surface area contributed by atoms with Gasteiger partial charge in [-0.2, -0.15) is 11.8 Å². The summed E-state index contributed by atoms with van der Waals surface area (Å²) in [5.74, 6) is 1.32. The second-order valence-corrected chi connectivity index (χ2v) is 5.47. The van der Waals surface area contributed by atoms with Crippen molar-refractivity contribution in [2.24, 2.45) is 0 Å². The van der Waals surface area contributed by atoms with Gasteiger partial charge in [0.25, 0.3) is 0 Å². The summed E-state index contributed by atoms with van der Waals surface area (Å²) in [5, 5.41) is 0. The summed E-state index contributed by atoms with van der Waals surface area (Å²) in [4.78, 5) is 13.8. The highest BCUT2D eigenvalue weighted by atomic mass is 32.2. The van der Waals surface area contributed by atoms with Gasteiger partial charge in [0.05, 0.1) is 0 Å². The average molecular weight is 249 g/mol. The Hall–Kier alpha value is -0.960. The zero-order chi connectivity index (χ0) is 12.3. The molecule has 1 aliphatic heterocycles. The maximum atomic E-state index is 11.4. The van der Waals surface area contributed by atoms with Gasteiger partial charge >= 0.3 is 0 Å². The molecule has 2 nitrogen and oxygen atoms in total. The molecular weight excluding hydrogens is 230 g/mol. The van der Waals surface area contributed by atoms with E-state index in [-0.39, 0.29) is 5.78 Å². The lowest BCUT2D eigenvalue weighted by Crippen LogP contribution is -2.31. The van der Waals surface area contributed by atoms with E-state index in [4.69, 9.17) is 0 Å². The van der Waals surface area contributed by atoms with Crippen LogP contribution in [0.3, 0.4) is 0 Å². The molecule has 0 fully saturated rings. The molecule has 0 N–H and O–H groups in total. The molecule has 0 radical (unpaired) electrons. The molecule has 1 aliphatic rings. The Bertz CT molecular complexity index is 417. The van der Waals surface area contributed by atoms with Gasteiger partial charge in [0, 0.05) is 30.1 Å². The summed E-state index contributed by atoms with van der Waals surface area (Å²) in [7, 11) is 0. The molecule has 0 unspecified atom stereocenters. The number of aryl methyl sites for hydroxylation is 1. The smallest absolute Gasteiger partial charge is 0.159 e. The first-order valence-electron chi connectivity index (χ1n) is 6.10. The second-order valence-electron chi connectivity index (χ2n) is 4.48. The summed E-state index contributed by atoms with van der Waals surface area (Å²) < 4.78 is 0. The first-order chi connectivity index (χ1) is 8.22. The number of fused-ring (bicyclic) bond motifs is 1. The molecule has 92 valence electrons. The van der Waals surface area contributed by atoms with Crippen LogP contribution in [0.5, 0.6) is 0 Å². The lowest BCUT2D eigenvalue weighted by atomic mass is 9.98. The van der Waals surface area contributed by atoms with Gasteiger partial charge < -0.3 is 4.90 Å². The van der Waals surface area contributed by atoms with Gasteiger partial charge in [0.2, 0.25) is 0 Å². The number of rotatable bonds is 4. The molecule has 1 heterocycles. The molecule has 17 heavy (non-hydrogen) atoms. The molecular formula is C14H19NOS. The van der Waals surface area contributed by atoms with Crippen LogP contribution in [0.4, 0.5) is 5.69 Å². The first-order valence-corrected chi connectivity index (χ1v) is 7.49. The third-order valence-corrected chi connectivity index (χ3v) is 3.86. The van der Waals surface area contributed by atoms with E-state index in [1.54, 1.807) is 6.92 Å². The Morgan fingerprint density at radius 2 is 2.29 bits per heavy atom. The van der Waals surface area contributed by atoms with Crippen molar-refractivity contribution in [1.29, 1.82) is 0 Å². The number of ketones is 1. The van der Waals surface area contributed by atoms with Gasteiger partial charge in [-0.25, -0.2) is 0 Å². The summed E-state index contributed by atoms with van der Waals surface area (Å²) in [5.41, 5.74) is 3.51. The Morgan fingerprint density at radius 3 is 3.00 bits per heavy atom. The highest BCUT2D eigenvalue weighted by Crippen LogP contribution is 2.28. The second kappa shape index (κ2) is 5.58. The van der Waals surface area contributed by atoms with Crippen LogP contribution in [-0.4, -0.2) is 30.9 Å². The average Bonchev–Trinajstić information content (AvgIpc) is 2.35. The molecule has 0 atom stereocenters. The van der Waals surface area contributed by atoms with Crippen LogP contribution in [0, 0.1) is 0 Å². The minimum absolute atomic E-state index is 0.161. The van der Waals surface area contributed by atoms with Crippen LogP contribution in [-0.2, 0) is 6.42 Å². The molecule has 0 saturated carbocycles. The highest BCUT2D eigenvalue weighted by Gasteiger charge is 2.17. The number of carbonyl (C=O) groups excluding carboxylic acids is 1. The van der Waals surface area contributed by atoms with E-state index < -0.39 is 0 Å². The van der Waals surface area contributed by atoms with E-state index in [2.05, 4.69) is 23.3 Å². The SMILES string of the molecule is CSCCN1CCCc2cc(C(C)=O)ccc21. The Balaban J connectivity index is 2.23. The zero-order valence-electron chi connectivity index (χ0n) is 10.5. The van der Waals surface area contributed by atoms with Crippen molar-refractivity contribution in [2.45, 2.75) is 19.8 Å². The zero-order valence-corrected chi connectivity index (χ0v) is 11.3. The van der Waals surface area contributed by atoms with Gasteiger partial charge in [0.1, 0.15) is 0 Å². The number of hydrogen-bond donors (Lipinski definition) is 0. The summed E-state index contributed by atoms with van der Waals surface area (Å²) in [6, 6.07) is 6.15. The lowest BCUT2D eigenvalue weighted by molar-refractivity contribution is 0.101. The van der Waals surface area contributed by atoms with Crippen LogP contribution >= 0.6 is 11.8 Å². The molecule has 1 aromatic carbocycles. The van der Waals surface area contributed by atoms with Crippen molar-refractivity contribution in [3.8, 4) is 0 Å². The van der Waals surface area contributed by atoms with Gasteiger partial charge in [-0.3, -0.25) is 4.79 Å². The molecule has 3 heteroatoms. The van der Waals surface area contributed by atoms with E-state index in [0.29, 0.717) is 0 Å². The molecule has 1 aromatic rings. The summed E-state index contributed by atoms with van der Waals surface area (Å²) in [6.07, 6.45) is 4.44. The van der Waals surface area contributed by atoms with Crippen LogP contribution in [0.15, 0.2) is 18.2 Å². The summed E-state index contributed by atoms with van der Waals surface area (Å²) >= 11 is 1.88. The van der Waals surface area contributed by atoms with Crippen molar-refractivity contribution >= 4 is 23.2 Å². The normalized spacial score (nSPS) is 14.6. The fraction of sp³-hybridized carbons (Fsp3) is 0.500. The van der Waals surface area contributed by atoms with E-state index in [1.807, 2.05) is 17.8 Å². The predicted octanol–water partition coefficient (Wildman–Crippen LogP) is 3.00. The van der Waals surface area contributed by atoms with Crippen molar-refractivity contribution in [2.75, 3.05) is 30.0 Å². The molecule has 0 amide bonds. The van der Waals surface area contributed by atoms with Gasteiger partial charge in [-0.05, 0) is 49.8 Å². The van der Waals surface area contributed by atoms with E-state index in [1.165, 1.54) is 17.7 Å². The Labute approximate surface area is 107 Å². The summed E-state index contributed by atoms with van der Waals surface area (Å²) in [6.45, 7) is 3.89. The number of hydrogen-bond acceptors (Lipinski definition) is 3. The Morgan fingerprint density at radius 1 is 1.47 bits per heavy atom. The van der Waals surface area contributed by atoms with Gasteiger partial charge in [-0.15, -0.1) is 0 Å². The molecule has 2 rings (SSSR count). The fourth-order valence-corrected chi connectivity index (χ4v) is 2.73. The van der Waals surface area contributed by atoms with Crippen LogP contribution in [0.25, 0.3) is 0 Å². The fourth-order valence-electron chi connectivity index (χ4n) is 2.33. The van der Waals surface area contributed by atoms with E-state index in [0.717, 1.165) is 30.8 Å². The van der Waals surface area contributed by atoms with E-state index >= 15 is 0 Å². The number of nitrogens with zero attached hydrogens (tertiary/aromatic N) is 1. The van der Waals surface area contributed by atoms with Gasteiger partial charge in [-0.1, -0.05) is 0 Å². The minimum Gasteiger partial charge on any atom is -0.370 e. The molecule has 0 spiro atoms. The molecule has 0 bridgehead atoms. The number of anilines is 1. The molecule has 0 aliphatic carbocycles. The van der Waals surface area contributed by atoms with Gasteiger partial charge in [0.15, 0.2) is 5.78 Å². The lowest BCUT2D eigenvalue weighted by Gasteiger charge is -2.31. The Kier molecular flexibility index (Phi) is 4.11. The minimum atomic E-state index is 0.161. The first kappa shape index (κ1) is 12.5. The number of Topliss-reactive ketones (excluding diaryl/α,β-unsaturated/α-hetero) is 1. The van der Waals surface area contributed by atoms with Crippen molar-refractivity contribution in [1.82, 2.24) is 0 Å². The van der Waals surface area contributed by atoms with Crippen molar-refractivity contribution < 1.29 is 4.79 Å². The maximum absolute atomic E-state index is 11.4. The van der Waals surface area contributed by atoms with E-state index in [9.17, 15) is 4.79 Å². The third-order valence-electron chi connectivity index (χ3n) is 3.27.